The molecule has 5 nitrogen and oxygen atoms in total. The van der Waals surface area contributed by atoms with Crippen LogP contribution in [0.3, 0.4) is 0 Å². The van der Waals surface area contributed by atoms with Gasteiger partial charge in [-0.25, -0.2) is 0 Å². The highest BCUT2D eigenvalue weighted by Crippen LogP contribution is 2.15. The van der Waals surface area contributed by atoms with Crippen molar-refractivity contribution in [3.05, 3.63) is 65.7 Å². The van der Waals surface area contributed by atoms with Crippen LogP contribution >= 0.6 is 0 Å². The molecule has 1 aliphatic rings. The molecule has 0 saturated carbocycles. The van der Waals surface area contributed by atoms with E-state index in [9.17, 15) is 9.59 Å². The molecule has 1 saturated heterocycles. The van der Waals surface area contributed by atoms with Gasteiger partial charge in [-0.2, -0.15) is 0 Å². The van der Waals surface area contributed by atoms with Crippen molar-refractivity contribution in [3.8, 4) is 5.75 Å². The zero-order valence-electron chi connectivity index (χ0n) is 15.7. The average Bonchev–Trinajstić information content (AvgIpc) is 3.13. The summed E-state index contributed by atoms with van der Waals surface area (Å²) in [6.07, 6.45) is 1.43. The van der Waals surface area contributed by atoms with Crippen molar-refractivity contribution in [2.75, 3.05) is 19.7 Å². The van der Waals surface area contributed by atoms with E-state index in [-0.39, 0.29) is 24.3 Å². The van der Waals surface area contributed by atoms with E-state index >= 15 is 0 Å². The van der Waals surface area contributed by atoms with E-state index < -0.39 is 0 Å². The van der Waals surface area contributed by atoms with Gasteiger partial charge in [0.05, 0.1) is 0 Å². The van der Waals surface area contributed by atoms with Gasteiger partial charge in [-0.1, -0.05) is 37.3 Å². The van der Waals surface area contributed by atoms with E-state index in [4.69, 9.17) is 4.74 Å². The summed E-state index contributed by atoms with van der Waals surface area (Å²) in [7, 11) is 0. The highest BCUT2D eigenvalue weighted by Gasteiger charge is 2.23. The van der Waals surface area contributed by atoms with Crippen LogP contribution in [0.15, 0.2) is 54.6 Å². The number of hydrogen-bond donors (Lipinski definition) is 1. The van der Waals surface area contributed by atoms with Gasteiger partial charge < -0.3 is 10.1 Å². The minimum atomic E-state index is -0.115. The molecule has 1 fully saturated rings. The van der Waals surface area contributed by atoms with Crippen LogP contribution in [-0.2, 0) is 11.3 Å². The van der Waals surface area contributed by atoms with Crippen LogP contribution in [0.2, 0.25) is 0 Å². The van der Waals surface area contributed by atoms with Crippen LogP contribution in [0.5, 0.6) is 5.75 Å². The van der Waals surface area contributed by atoms with Gasteiger partial charge in [-0.15, -0.1) is 0 Å². The number of amides is 1. The van der Waals surface area contributed by atoms with Crippen molar-refractivity contribution in [3.63, 3.8) is 0 Å². The Labute approximate surface area is 160 Å². The predicted octanol–water partition coefficient (Wildman–Crippen LogP) is 3.05. The molecule has 3 rings (SSSR count). The average molecular weight is 366 g/mol. The van der Waals surface area contributed by atoms with Crippen LogP contribution in [0.25, 0.3) is 0 Å². The van der Waals surface area contributed by atoms with Crippen molar-refractivity contribution in [1.82, 2.24) is 10.2 Å². The summed E-state index contributed by atoms with van der Waals surface area (Å²) in [5.74, 6) is 0.575. The van der Waals surface area contributed by atoms with Gasteiger partial charge in [0, 0.05) is 37.7 Å². The Bertz CT molecular complexity index is 759. The van der Waals surface area contributed by atoms with Crippen LogP contribution in [0.4, 0.5) is 0 Å². The molecule has 1 unspecified atom stereocenters. The fourth-order valence-electron chi connectivity index (χ4n) is 3.30. The minimum absolute atomic E-state index is 0.0176. The number of nitrogens with one attached hydrogen (secondary N) is 1. The second kappa shape index (κ2) is 9.33. The lowest BCUT2D eigenvalue weighted by molar-refractivity contribution is -0.123. The number of rotatable bonds is 8. The molecule has 1 aliphatic heterocycles. The molecule has 0 aliphatic carbocycles. The minimum Gasteiger partial charge on any atom is -0.484 e. The van der Waals surface area contributed by atoms with Crippen molar-refractivity contribution in [1.29, 1.82) is 0 Å². The number of likely N-dealkylation sites (tertiary alicyclic amines) is 1. The van der Waals surface area contributed by atoms with E-state index in [0.717, 1.165) is 26.1 Å². The summed E-state index contributed by atoms with van der Waals surface area (Å²) in [4.78, 5) is 26.1. The van der Waals surface area contributed by atoms with E-state index in [0.29, 0.717) is 17.7 Å². The molecule has 1 amide bonds. The largest absolute Gasteiger partial charge is 0.484 e. The Morgan fingerprint density at radius 1 is 1.11 bits per heavy atom. The molecular formula is C22H26N2O3. The molecule has 1 heterocycles. The quantitative estimate of drug-likeness (QED) is 0.730. The predicted molar refractivity (Wildman–Crippen MR) is 105 cm³/mol. The first-order valence-electron chi connectivity index (χ1n) is 9.45. The number of ether oxygens (including phenoxy) is 1. The number of carbonyl (C=O) groups excluding carboxylic acids is 2. The summed E-state index contributed by atoms with van der Waals surface area (Å²) in [5, 5.41) is 3.04. The maximum atomic E-state index is 12.2. The van der Waals surface area contributed by atoms with Gasteiger partial charge in [-0.05, 0) is 36.2 Å². The number of nitrogens with zero attached hydrogens (tertiary/aromatic N) is 1. The Kier molecular flexibility index (Phi) is 6.60. The van der Waals surface area contributed by atoms with E-state index in [1.54, 1.807) is 24.3 Å². The molecule has 27 heavy (non-hydrogen) atoms. The summed E-state index contributed by atoms with van der Waals surface area (Å²) in [6.45, 7) is 4.56. The third-order valence-electron chi connectivity index (χ3n) is 4.75. The number of ketones is 1. The van der Waals surface area contributed by atoms with Crippen molar-refractivity contribution in [2.24, 2.45) is 0 Å². The maximum absolute atomic E-state index is 12.2. The van der Waals surface area contributed by atoms with Crippen LogP contribution in [0.1, 0.15) is 35.7 Å². The lowest BCUT2D eigenvalue weighted by Crippen LogP contribution is -2.39. The molecule has 0 aromatic heterocycles. The Balaban J connectivity index is 1.40. The van der Waals surface area contributed by atoms with Gasteiger partial charge in [-0.3, -0.25) is 14.5 Å². The Hall–Kier alpha value is -2.66. The molecule has 0 radical (unpaired) electrons. The maximum Gasteiger partial charge on any atom is 0.258 e. The third-order valence-corrected chi connectivity index (χ3v) is 4.75. The molecule has 2 aromatic carbocycles. The molecular weight excluding hydrogens is 340 g/mol. The van der Waals surface area contributed by atoms with E-state index in [1.807, 2.05) is 25.1 Å². The SMILES string of the molecule is CCC(=O)c1ccc(OCC(=O)NC2CCN(Cc3ccccc3)C2)cc1. The zero-order valence-corrected chi connectivity index (χ0v) is 15.7. The van der Waals surface area contributed by atoms with Gasteiger partial charge in [0.25, 0.3) is 5.91 Å². The van der Waals surface area contributed by atoms with Gasteiger partial charge in [0.2, 0.25) is 0 Å². The van der Waals surface area contributed by atoms with Crippen molar-refractivity contribution >= 4 is 11.7 Å². The first-order valence-corrected chi connectivity index (χ1v) is 9.45. The highest BCUT2D eigenvalue weighted by atomic mass is 16.5. The molecule has 1 N–H and O–H groups in total. The number of hydrogen-bond acceptors (Lipinski definition) is 4. The highest BCUT2D eigenvalue weighted by molar-refractivity contribution is 5.95. The third kappa shape index (κ3) is 5.66. The second-order valence-electron chi connectivity index (χ2n) is 6.86. The normalized spacial score (nSPS) is 16.9. The van der Waals surface area contributed by atoms with Gasteiger partial charge in [0.1, 0.15) is 5.75 Å². The fraction of sp³-hybridized carbons (Fsp3) is 0.364. The first kappa shape index (κ1) is 19.1. The van der Waals surface area contributed by atoms with Crippen molar-refractivity contribution in [2.45, 2.75) is 32.4 Å². The molecule has 0 bridgehead atoms. The van der Waals surface area contributed by atoms with Gasteiger partial charge in [0.15, 0.2) is 12.4 Å². The lowest BCUT2D eigenvalue weighted by atomic mass is 10.1. The second-order valence-corrected chi connectivity index (χ2v) is 6.86. The number of benzene rings is 2. The van der Waals surface area contributed by atoms with Crippen LogP contribution < -0.4 is 10.1 Å². The molecule has 2 aromatic rings. The van der Waals surface area contributed by atoms with Crippen molar-refractivity contribution < 1.29 is 14.3 Å². The molecule has 5 heteroatoms. The standard InChI is InChI=1S/C22H26N2O3/c1-2-21(25)18-8-10-20(11-9-18)27-16-22(26)23-19-12-13-24(15-19)14-17-6-4-3-5-7-17/h3-11,19H,2,12-16H2,1H3,(H,23,26). The monoisotopic (exact) mass is 366 g/mol. The first-order chi connectivity index (χ1) is 13.1. The lowest BCUT2D eigenvalue weighted by Gasteiger charge is -2.17. The number of carbonyl (C=O) groups is 2. The summed E-state index contributed by atoms with van der Waals surface area (Å²) >= 11 is 0. The Morgan fingerprint density at radius 2 is 1.85 bits per heavy atom. The Morgan fingerprint density at radius 3 is 2.56 bits per heavy atom. The number of Topliss-reactive ketones (excluding diaryl/α,β-unsaturated/α-hetero) is 1. The summed E-state index contributed by atoms with van der Waals surface area (Å²) < 4.78 is 5.53. The van der Waals surface area contributed by atoms with E-state index in [2.05, 4.69) is 22.3 Å². The van der Waals surface area contributed by atoms with E-state index in [1.165, 1.54) is 5.56 Å². The fourth-order valence-corrected chi connectivity index (χ4v) is 3.30. The smallest absolute Gasteiger partial charge is 0.258 e. The summed E-state index contributed by atoms with van der Waals surface area (Å²) in [6, 6.07) is 17.5. The molecule has 142 valence electrons. The van der Waals surface area contributed by atoms with Gasteiger partial charge >= 0.3 is 0 Å². The van der Waals surface area contributed by atoms with Crippen LogP contribution in [0, 0.1) is 0 Å². The molecule has 1 atom stereocenters. The molecule has 0 spiro atoms. The topological polar surface area (TPSA) is 58.6 Å². The zero-order chi connectivity index (χ0) is 19.1. The van der Waals surface area contributed by atoms with Crippen LogP contribution in [-0.4, -0.2) is 42.3 Å². The summed E-state index contributed by atoms with van der Waals surface area (Å²) in [5.41, 5.74) is 1.96.